The highest BCUT2D eigenvalue weighted by atomic mass is 14.5. The minimum absolute atomic E-state index is 0.304. The van der Waals surface area contributed by atoms with Crippen molar-refractivity contribution in [3.05, 3.63) is 6.42 Å². The predicted molar refractivity (Wildman–Crippen MR) is 76.9 cm³/mol. The third-order valence-electron chi connectivity index (χ3n) is 5.34. The topological polar surface area (TPSA) is 0 Å². The van der Waals surface area contributed by atoms with Gasteiger partial charge < -0.3 is 0 Å². The van der Waals surface area contributed by atoms with Crippen molar-refractivity contribution in [2.24, 2.45) is 16.7 Å². The Morgan fingerprint density at radius 2 is 1.71 bits per heavy atom. The minimum Gasteiger partial charge on any atom is -0.0654 e. The van der Waals surface area contributed by atoms with E-state index in [-0.39, 0.29) is 0 Å². The summed E-state index contributed by atoms with van der Waals surface area (Å²) in [5, 5.41) is 0. The molecule has 0 nitrogen and oxygen atoms in total. The van der Waals surface area contributed by atoms with Gasteiger partial charge >= 0.3 is 0 Å². The van der Waals surface area contributed by atoms with Gasteiger partial charge in [-0.25, -0.2) is 0 Å². The van der Waals surface area contributed by atoms with Crippen molar-refractivity contribution in [2.75, 3.05) is 0 Å². The summed E-state index contributed by atoms with van der Waals surface area (Å²) in [5.41, 5.74) is 0.787. The average molecular weight is 236 g/mol. The summed E-state index contributed by atoms with van der Waals surface area (Å²) in [4.78, 5) is 0. The second-order valence-corrected chi connectivity index (χ2v) is 6.70. The minimum atomic E-state index is 0.304. The first-order valence-electron chi connectivity index (χ1n) is 7.73. The summed E-state index contributed by atoms with van der Waals surface area (Å²) < 4.78 is 0. The molecular formula is C17H32. The van der Waals surface area contributed by atoms with E-state index in [0.29, 0.717) is 10.8 Å². The maximum Gasteiger partial charge on any atom is -0.0106 e. The van der Waals surface area contributed by atoms with E-state index >= 15 is 0 Å². The van der Waals surface area contributed by atoms with Gasteiger partial charge in [0.1, 0.15) is 0 Å². The van der Waals surface area contributed by atoms with Crippen LogP contribution in [0, 0.1) is 23.2 Å². The molecule has 1 saturated carbocycles. The molecular weight excluding hydrogens is 204 g/mol. The highest BCUT2D eigenvalue weighted by molar-refractivity contribution is 5.05. The molecule has 0 amide bonds. The summed E-state index contributed by atoms with van der Waals surface area (Å²) in [5.74, 6) is 0.922. The lowest BCUT2D eigenvalue weighted by molar-refractivity contribution is -0.00414. The third kappa shape index (κ3) is 3.26. The Bertz CT molecular complexity index is 216. The van der Waals surface area contributed by atoms with Crippen molar-refractivity contribution in [1.29, 1.82) is 0 Å². The normalized spacial score (nSPS) is 32.6. The quantitative estimate of drug-likeness (QED) is 0.539. The highest BCUT2D eigenvalue weighted by Crippen LogP contribution is 2.56. The lowest BCUT2D eigenvalue weighted by atomic mass is 9.51. The van der Waals surface area contributed by atoms with Crippen LogP contribution in [-0.4, -0.2) is 0 Å². The Hall–Kier alpha value is 0. The van der Waals surface area contributed by atoms with Gasteiger partial charge in [0.25, 0.3) is 0 Å². The molecule has 0 heteroatoms. The van der Waals surface area contributed by atoms with Crippen molar-refractivity contribution >= 4 is 0 Å². The molecule has 0 aromatic heterocycles. The van der Waals surface area contributed by atoms with Gasteiger partial charge in [-0.3, -0.25) is 0 Å². The average Bonchev–Trinajstić information content (AvgIpc) is 2.28. The Labute approximate surface area is 110 Å². The molecule has 1 aliphatic carbocycles. The fourth-order valence-electron chi connectivity index (χ4n) is 3.56. The molecule has 1 fully saturated rings. The van der Waals surface area contributed by atoms with E-state index in [1.165, 1.54) is 51.4 Å². The van der Waals surface area contributed by atoms with Crippen LogP contribution in [0.3, 0.4) is 0 Å². The Balaban J connectivity index is 2.77. The van der Waals surface area contributed by atoms with Gasteiger partial charge in [-0.05, 0) is 48.9 Å². The Kier molecular flexibility index (Phi) is 5.54. The molecule has 0 aromatic rings. The Morgan fingerprint density at radius 1 is 1.06 bits per heavy atom. The van der Waals surface area contributed by atoms with Crippen molar-refractivity contribution in [3.63, 3.8) is 0 Å². The zero-order chi connectivity index (χ0) is 12.9. The van der Waals surface area contributed by atoms with Crippen molar-refractivity contribution in [1.82, 2.24) is 0 Å². The summed E-state index contributed by atoms with van der Waals surface area (Å²) >= 11 is 0. The van der Waals surface area contributed by atoms with E-state index in [9.17, 15) is 0 Å². The van der Waals surface area contributed by atoms with Gasteiger partial charge in [-0.2, -0.15) is 0 Å². The smallest absolute Gasteiger partial charge is 0.0106 e. The van der Waals surface area contributed by atoms with Crippen LogP contribution in [0.1, 0.15) is 86.0 Å². The van der Waals surface area contributed by atoms with Gasteiger partial charge in [0, 0.05) is 0 Å². The molecule has 0 aliphatic heterocycles. The lowest BCUT2D eigenvalue weighted by Gasteiger charge is -2.53. The molecule has 0 heterocycles. The molecule has 2 atom stereocenters. The second kappa shape index (κ2) is 6.25. The van der Waals surface area contributed by atoms with Crippen molar-refractivity contribution < 1.29 is 0 Å². The number of hydrogen-bond acceptors (Lipinski definition) is 0. The van der Waals surface area contributed by atoms with Gasteiger partial charge in [-0.1, -0.05) is 60.3 Å². The van der Waals surface area contributed by atoms with E-state index in [2.05, 4.69) is 41.0 Å². The molecule has 17 heavy (non-hydrogen) atoms. The van der Waals surface area contributed by atoms with E-state index in [4.69, 9.17) is 0 Å². The van der Waals surface area contributed by atoms with Gasteiger partial charge in [0.15, 0.2) is 0 Å². The second-order valence-electron chi connectivity index (χ2n) is 6.70. The summed E-state index contributed by atoms with van der Waals surface area (Å²) in [7, 11) is 0. The lowest BCUT2D eigenvalue weighted by Crippen LogP contribution is -2.45. The molecule has 0 aromatic carbocycles. The van der Waals surface area contributed by atoms with Gasteiger partial charge in [-0.15, -0.1) is 0 Å². The van der Waals surface area contributed by atoms with Crippen LogP contribution in [0.15, 0.2) is 0 Å². The van der Waals surface area contributed by atoms with Crippen molar-refractivity contribution in [3.8, 4) is 0 Å². The largest absolute Gasteiger partial charge is 0.0654 e. The third-order valence-corrected chi connectivity index (χ3v) is 5.34. The van der Waals surface area contributed by atoms with Crippen LogP contribution in [0.4, 0.5) is 0 Å². The molecule has 2 radical (unpaired) electrons. The summed E-state index contributed by atoms with van der Waals surface area (Å²) in [6, 6.07) is 0. The van der Waals surface area contributed by atoms with Crippen LogP contribution < -0.4 is 0 Å². The number of rotatable bonds is 6. The zero-order valence-electron chi connectivity index (χ0n) is 12.7. The van der Waals surface area contributed by atoms with E-state index < -0.39 is 0 Å². The van der Waals surface area contributed by atoms with Gasteiger partial charge in [0.2, 0.25) is 0 Å². The molecule has 0 bridgehead atoms. The maximum absolute atomic E-state index is 3.76. The van der Waals surface area contributed by atoms with Crippen LogP contribution in [-0.2, 0) is 0 Å². The molecule has 2 unspecified atom stereocenters. The molecule has 0 saturated heterocycles. The fourth-order valence-corrected chi connectivity index (χ4v) is 3.56. The molecule has 0 spiro atoms. The summed E-state index contributed by atoms with van der Waals surface area (Å²) in [6.45, 7) is 12.0. The van der Waals surface area contributed by atoms with Crippen LogP contribution >= 0.6 is 0 Å². The first-order valence-corrected chi connectivity index (χ1v) is 7.73. The predicted octanol–water partition coefficient (Wildman–Crippen LogP) is 5.89. The van der Waals surface area contributed by atoms with E-state index in [0.717, 1.165) is 5.92 Å². The summed E-state index contributed by atoms with van der Waals surface area (Å²) in [6.07, 6.45) is 14.6. The monoisotopic (exact) mass is 236 g/mol. The number of unbranched alkanes of at least 4 members (excludes halogenated alkanes) is 2. The zero-order valence-corrected chi connectivity index (χ0v) is 12.7. The highest BCUT2D eigenvalue weighted by Gasteiger charge is 2.48. The fraction of sp³-hybridized carbons (Fsp3) is 0.941. The number of hydrogen-bond donors (Lipinski definition) is 0. The SMILES string of the molecule is CCCCC1CC[C]C(C)(C)C1(C)CCCC. The van der Waals surface area contributed by atoms with Crippen LogP contribution in [0.2, 0.25) is 0 Å². The molecule has 0 N–H and O–H groups in total. The van der Waals surface area contributed by atoms with Crippen molar-refractivity contribution in [2.45, 2.75) is 86.0 Å². The Morgan fingerprint density at radius 3 is 2.29 bits per heavy atom. The van der Waals surface area contributed by atoms with Crippen LogP contribution in [0.5, 0.6) is 0 Å². The van der Waals surface area contributed by atoms with Crippen LogP contribution in [0.25, 0.3) is 0 Å². The standard InChI is InChI=1S/C17H32/c1-6-8-11-15-12-10-13-16(3,4)17(15,5)14-9-7-2/h15H,6-12,14H2,1-5H3. The molecule has 100 valence electrons. The van der Waals surface area contributed by atoms with E-state index in [1.807, 2.05) is 0 Å². The first kappa shape index (κ1) is 15.1. The first-order chi connectivity index (χ1) is 7.98. The molecule has 1 aliphatic rings. The van der Waals surface area contributed by atoms with E-state index in [1.54, 1.807) is 0 Å². The maximum atomic E-state index is 3.76. The molecule has 1 rings (SSSR count). The van der Waals surface area contributed by atoms with Gasteiger partial charge in [0.05, 0.1) is 0 Å².